The lowest BCUT2D eigenvalue weighted by atomic mass is 9.80. The van der Waals surface area contributed by atoms with Crippen LogP contribution in [0.1, 0.15) is 42.3 Å². The number of amides is 1. The predicted octanol–water partition coefficient (Wildman–Crippen LogP) is 3.16. The van der Waals surface area contributed by atoms with Gasteiger partial charge in [-0.25, -0.2) is 4.99 Å². The Morgan fingerprint density at radius 2 is 1.95 bits per heavy atom. The number of aryl methyl sites for hydroxylation is 2. The Hall–Kier alpha value is -3.98. The number of anilines is 1. The molecule has 4 aromatic rings. The second-order valence-corrected chi connectivity index (χ2v) is 10.6. The monoisotopic (exact) mass is 513 g/mol. The fraction of sp³-hybridized carbons (Fsp3) is 0.286. The minimum absolute atomic E-state index is 0.176. The van der Waals surface area contributed by atoms with Gasteiger partial charge in [0, 0.05) is 29.1 Å². The third-order valence-corrected chi connectivity index (χ3v) is 8.28. The normalized spacial score (nSPS) is 22.0. The Morgan fingerprint density at radius 3 is 2.70 bits per heavy atom. The highest BCUT2D eigenvalue weighted by molar-refractivity contribution is 7.07. The molecule has 1 amide bonds. The van der Waals surface area contributed by atoms with Crippen molar-refractivity contribution >= 4 is 29.0 Å². The van der Waals surface area contributed by atoms with E-state index in [1.807, 2.05) is 87.0 Å². The molecule has 2 aliphatic heterocycles. The number of carbonyl (C=O) groups excluding carboxylic acids is 1. The number of benzene rings is 2. The zero-order chi connectivity index (χ0) is 25.9. The van der Waals surface area contributed by atoms with Crippen LogP contribution in [0.2, 0.25) is 0 Å². The Bertz CT molecular complexity index is 1730. The van der Waals surface area contributed by atoms with Gasteiger partial charge < -0.3 is 10.1 Å². The largest absolute Gasteiger partial charge is 0.465 e. The molecule has 3 atom stereocenters. The highest BCUT2D eigenvalue weighted by Gasteiger charge is 2.55. The molecular formula is C28H27N5O3S. The quantitative estimate of drug-likeness (QED) is 0.454. The van der Waals surface area contributed by atoms with Crippen LogP contribution in [0.25, 0.3) is 6.08 Å². The maximum Gasteiger partial charge on any atom is 0.270 e. The SMILES string of the molecule is CCn1ncc(/C=c2/sc3n(c2=O)[C@H]2c4ccccc4O[C@](C)(N=3)[C@H]2C(=O)Nc2ccccc2C)c1C. The van der Waals surface area contributed by atoms with Gasteiger partial charge in [-0.2, -0.15) is 5.10 Å². The molecule has 2 bridgehead atoms. The minimum atomic E-state index is -1.18. The number of fused-ring (bicyclic) bond motifs is 6. The van der Waals surface area contributed by atoms with Crippen molar-refractivity contribution in [3.63, 3.8) is 0 Å². The van der Waals surface area contributed by atoms with E-state index in [0.29, 0.717) is 15.1 Å². The number of thiazole rings is 1. The number of ether oxygens (including phenoxy) is 1. The van der Waals surface area contributed by atoms with Gasteiger partial charge in [-0.05, 0) is 51.5 Å². The van der Waals surface area contributed by atoms with E-state index >= 15 is 0 Å². The Labute approximate surface area is 217 Å². The highest BCUT2D eigenvalue weighted by Crippen LogP contribution is 2.47. The molecule has 8 nitrogen and oxygen atoms in total. The van der Waals surface area contributed by atoms with Gasteiger partial charge in [0.25, 0.3) is 5.56 Å². The van der Waals surface area contributed by atoms with Crippen molar-refractivity contribution in [2.24, 2.45) is 10.9 Å². The van der Waals surface area contributed by atoms with Crippen LogP contribution in [-0.4, -0.2) is 26.0 Å². The Morgan fingerprint density at radius 1 is 1.19 bits per heavy atom. The molecule has 2 aromatic carbocycles. The lowest BCUT2D eigenvalue weighted by molar-refractivity contribution is -0.131. The second-order valence-electron chi connectivity index (χ2n) is 9.60. The number of aromatic nitrogens is 3. The molecule has 1 N–H and O–H groups in total. The first-order valence-corrected chi connectivity index (χ1v) is 13.1. The molecule has 2 aliphatic rings. The van der Waals surface area contributed by atoms with Gasteiger partial charge in [0.2, 0.25) is 11.6 Å². The third kappa shape index (κ3) is 3.64. The van der Waals surface area contributed by atoms with E-state index < -0.39 is 17.7 Å². The topological polar surface area (TPSA) is 90.5 Å². The van der Waals surface area contributed by atoms with Crippen LogP contribution in [0, 0.1) is 19.8 Å². The molecule has 0 spiro atoms. The molecule has 2 aromatic heterocycles. The van der Waals surface area contributed by atoms with Crippen molar-refractivity contribution in [1.82, 2.24) is 14.3 Å². The van der Waals surface area contributed by atoms with Crippen molar-refractivity contribution in [3.8, 4) is 5.75 Å². The van der Waals surface area contributed by atoms with Crippen molar-refractivity contribution in [3.05, 3.63) is 96.8 Å². The predicted molar refractivity (Wildman–Crippen MR) is 142 cm³/mol. The summed E-state index contributed by atoms with van der Waals surface area (Å²) < 4.78 is 10.5. The zero-order valence-electron chi connectivity index (χ0n) is 21.1. The number of carbonyl (C=O) groups is 1. The van der Waals surface area contributed by atoms with Crippen LogP contribution in [0.15, 0.2) is 64.5 Å². The molecule has 0 fully saturated rings. The summed E-state index contributed by atoms with van der Waals surface area (Å²) in [5.74, 6) is -0.360. The smallest absolute Gasteiger partial charge is 0.270 e. The van der Waals surface area contributed by atoms with Gasteiger partial charge in [-0.1, -0.05) is 47.7 Å². The Kier molecular flexibility index (Phi) is 5.41. The molecular weight excluding hydrogens is 486 g/mol. The molecule has 188 valence electrons. The lowest BCUT2D eigenvalue weighted by Crippen LogP contribution is -2.59. The highest BCUT2D eigenvalue weighted by atomic mass is 32.1. The first-order chi connectivity index (χ1) is 17.8. The number of rotatable bonds is 4. The number of nitrogens with one attached hydrogen (secondary N) is 1. The van der Waals surface area contributed by atoms with Gasteiger partial charge in [-0.3, -0.25) is 18.8 Å². The molecule has 0 aliphatic carbocycles. The van der Waals surface area contributed by atoms with Crippen LogP contribution in [-0.2, 0) is 11.3 Å². The van der Waals surface area contributed by atoms with E-state index in [-0.39, 0.29) is 11.5 Å². The standard InChI is InChI=1S/C28H27N5O3S/c1-5-32-17(3)18(15-29-32)14-22-26(35)33-24-19-11-7-9-13-21(19)36-28(4,31-27(33)37-22)23(24)25(34)30-20-12-8-6-10-16(20)2/h6-15,23-24H,5H2,1-4H3,(H,30,34)/b22-14+/t23-,24+,28+/m1/s1. The van der Waals surface area contributed by atoms with Crippen molar-refractivity contribution in [2.75, 3.05) is 5.32 Å². The van der Waals surface area contributed by atoms with E-state index in [9.17, 15) is 9.59 Å². The van der Waals surface area contributed by atoms with Gasteiger partial charge in [-0.15, -0.1) is 0 Å². The summed E-state index contributed by atoms with van der Waals surface area (Å²) in [6.45, 7) is 8.54. The fourth-order valence-electron chi connectivity index (χ4n) is 5.33. The van der Waals surface area contributed by atoms with Crippen molar-refractivity contribution in [1.29, 1.82) is 0 Å². The molecule has 0 saturated carbocycles. The zero-order valence-corrected chi connectivity index (χ0v) is 21.9. The molecule has 4 heterocycles. The first kappa shape index (κ1) is 23.4. The molecule has 0 saturated heterocycles. The summed E-state index contributed by atoms with van der Waals surface area (Å²) in [6, 6.07) is 14.6. The maximum atomic E-state index is 13.9. The Balaban J connectivity index is 1.54. The third-order valence-electron chi connectivity index (χ3n) is 7.29. The summed E-state index contributed by atoms with van der Waals surface area (Å²) in [7, 11) is 0. The molecule has 0 unspecified atom stereocenters. The van der Waals surface area contributed by atoms with Crippen LogP contribution in [0.5, 0.6) is 5.75 Å². The van der Waals surface area contributed by atoms with E-state index in [1.165, 1.54) is 11.3 Å². The fourth-order valence-corrected chi connectivity index (χ4v) is 6.42. The average Bonchev–Trinajstić information content (AvgIpc) is 3.37. The van der Waals surface area contributed by atoms with E-state index in [1.54, 1.807) is 10.8 Å². The van der Waals surface area contributed by atoms with Gasteiger partial charge in [0.15, 0.2) is 4.80 Å². The van der Waals surface area contributed by atoms with Gasteiger partial charge in [0.1, 0.15) is 11.7 Å². The van der Waals surface area contributed by atoms with Crippen LogP contribution >= 0.6 is 11.3 Å². The van der Waals surface area contributed by atoms with E-state index in [4.69, 9.17) is 9.73 Å². The first-order valence-electron chi connectivity index (χ1n) is 12.3. The second kappa shape index (κ2) is 8.55. The summed E-state index contributed by atoms with van der Waals surface area (Å²) in [4.78, 5) is 33.2. The number of nitrogens with zero attached hydrogens (tertiary/aromatic N) is 4. The van der Waals surface area contributed by atoms with Crippen LogP contribution in [0.3, 0.4) is 0 Å². The average molecular weight is 514 g/mol. The summed E-state index contributed by atoms with van der Waals surface area (Å²) in [5.41, 5.74) is 3.00. The number of para-hydroxylation sites is 2. The summed E-state index contributed by atoms with van der Waals surface area (Å²) in [6.07, 6.45) is 3.64. The lowest BCUT2D eigenvalue weighted by Gasteiger charge is -2.45. The maximum absolute atomic E-state index is 13.9. The molecule has 0 radical (unpaired) electrons. The van der Waals surface area contributed by atoms with E-state index in [0.717, 1.165) is 34.6 Å². The van der Waals surface area contributed by atoms with Gasteiger partial charge in [0.05, 0.1) is 16.8 Å². The summed E-state index contributed by atoms with van der Waals surface area (Å²) in [5, 5.41) is 7.47. The van der Waals surface area contributed by atoms with Crippen molar-refractivity contribution in [2.45, 2.75) is 46.0 Å². The molecule has 9 heteroatoms. The minimum Gasteiger partial charge on any atom is -0.465 e. The summed E-state index contributed by atoms with van der Waals surface area (Å²) >= 11 is 1.31. The number of hydrogen-bond donors (Lipinski definition) is 1. The van der Waals surface area contributed by atoms with E-state index in [2.05, 4.69) is 10.4 Å². The van der Waals surface area contributed by atoms with Crippen molar-refractivity contribution < 1.29 is 9.53 Å². The number of hydrogen-bond acceptors (Lipinski definition) is 6. The van der Waals surface area contributed by atoms with Crippen LogP contribution in [0.4, 0.5) is 5.69 Å². The van der Waals surface area contributed by atoms with Gasteiger partial charge >= 0.3 is 0 Å². The molecule has 37 heavy (non-hydrogen) atoms. The van der Waals surface area contributed by atoms with Crippen LogP contribution < -0.4 is 24.9 Å². The molecule has 6 rings (SSSR count).